The minimum atomic E-state index is -0.804. The molecule has 1 saturated heterocycles. The third-order valence-electron chi connectivity index (χ3n) is 8.81. The maximum absolute atomic E-state index is 14.0. The van der Waals surface area contributed by atoms with E-state index in [2.05, 4.69) is 34.8 Å². The van der Waals surface area contributed by atoms with Crippen LogP contribution in [0.3, 0.4) is 0 Å². The van der Waals surface area contributed by atoms with Crippen molar-refractivity contribution in [1.29, 1.82) is 0 Å². The second kappa shape index (κ2) is 18.0. The van der Waals surface area contributed by atoms with Gasteiger partial charge in [0.1, 0.15) is 18.4 Å². The highest BCUT2D eigenvalue weighted by Gasteiger charge is 2.25. The van der Waals surface area contributed by atoms with Crippen LogP contribution in [0.15, 0.2) is 84.9 Å². The van der Waals surface area contributed by atoms with Crippen molar-refractivity contribution in [3.63, 3.8) is 0 Å². The summed E-state index contributed by atoms with van der Waals surface area (Å²) in [5.74, 6) is 0.160. The fraction of sp³-hybridized carbons (Fsp3) is 0.385. The van der Waals surface area contributed by atoms with Crippen LogP contribution in [0.5, 0.6) is 5.75 Å². The van der Waals surface area contributed by atoms with E-state index in [-0.39, 0.29) is 18.4 Å². The normalized spacial score (nSPS) is 15.0. The number of fused-ring (bicyclic) bond motifs is 1. The summed E-state index contributed by atoms with van der Waals surface area (Å²) in [6.45, 7) is 4.74. The number of carbonyl (C=O) groups excluding carboxylic acids is 3. The lowest BCUT2D eigenvalue weighted by molar-refractivity contribution is -0.123. The minimum Gasteiger partial charge on any atom is -0.494 e. The van der Waals surface area contributed by atoms with Crippen molar-refractivity contribution >= 4 is 28.8 Å². The highest BCUT2D eigenvalue weighted by molar-refractivity contribution is 6.08. The Labute approximate surface area is 288 Å². The molecule has 0 spiro atoms. The number of nitrogens with one attached hydrogen (secondary N) is 3. The lowest BCUT2D eigenvalue weighted by Crippen LogP contribution is -2.47. The SMILES string of the molecule is CCCOc1ccc(-c2cc(C(=O)NC(CCCNC(=O)OCc3ccccc3)C(=O)NCCC3CCCN3C)c3ccccc3n2)cc1. The predicted molar refractivity (Wildman–Crippen MR) is 191 cm³/mol. The molecule has 1 aliphatic heterocycles. The molecule has 2 atom stereocenters. The van der Waals surface area contributed by atoms with Crippen molar-refractivity contribution in [3.8, 4) is 17.0 Å². The van der Waals surface area contributed by atoms with Gasteiger partial charge in [0, 0.05) is 30.1 Å². The third-order valence-corrected chi connectivity index (χ3v) is 8.81. The number of hydrogen-bond donors (Lipinski definition) is 3. The number of para-hydroxylation sites is 1. The molecule has 258 valence electrons. The van der Waals surface area contributed by atoms with E-state index in [0.717, 1.165) is 49.1 Å². The largest absolute Gasteiger partial charge is 0.494 e. The highest BCUT2D eigenvalue weighted by atomic mass is 16.5. The lowest BCUT2D eigenvalue weighted by atomic mass is 10.0. The minimum absolute atomic E-state index is 0.169. The van der Waals surface area contributed by atoms with Crippen LogP contribution in [0.4, 0.5) is 4.79 Å². The van der Waals surface area contributed by atoms with E-state index < -0.39 is 12.1 Å². The van der Waals surface area contributed by atoms with Gasteiger partial charge < -0.3 is 30.3 Å². The molecular formula is C39H47N5O5. The van der Waals surface area contributed by atoms with Gasteiger partial charge in [-0.1, -0.05) is 55.5 Å². The summed E-state index contributed by atoms with van der Waals surface area (Å²) in [5.41, 5.74) is 3.49. The van der Waals surface area contributed by atoms with Crippen LogP contribution in [-0.2, 0) is 16.1 Å². The number of alkyl carbamates (subject to hydrolysis) is 1. The Kier molecular flexibility index (Phi) is 13.0. The van der Waals surface area contributed by atoms with E-state index in [1.165, 1.54) is 0 Å². The summed E-state index contributed by atoms with van der Waals surface area (Å²) < 4.78 is 11.0. The topological polar surface area (TPSA) is 122 Å². The second-order valence-corrected chi connectivity index (χ2v) is 12.5. The Balaban J connectivity index is 1.27. The lowest BCUT2D eigenvalue weighted by Gasteiger charge is -2.22. The molecule has 1 aliphatic rings. The number of carbonyl (C=O) groups is 3. The van der Waals surface area contributed by atoms with Crippen LogP contribution in [0, 0.1) is 0 Å². The summed E-state index contributed by atoms with van der Waals surface area (Å²) in [4.78, 5) is 47.0. The Bertz CT molecular complexity index is 1680. The molecule has 0 aliphatic carbocycles. The molecule has 0 radical (unpaired) electrons. The van der Waals surface area contributed by atoms with Crippen LogP contribution in [0.25, 0.3) is 22.2 Å². The molecule has 2 heterocycles. The summed E-state index contributed by atoms with van der Waals surface area (Å²) in [7, 11) is 2.11. The van der Waals surface area contributed by atoms with Crippen molar-refractivity contribution in [2.75, 3.05) is 33.3 Å². The van der Waals surface area contributed by atoms with Crippen molar-refractivity contribution in [3.05, 3.63) is 96.1 Å². The van der Waals surface area contributed by atoms with Crippen molar-refractivity contribution in [2.24, 2.45) is 0 Å². The van der Waals surface area contributed by atoms with Gasteiger partial charge in [0.25, 0.3) is 5.91 Å². The van der Waals surface area contributed by atoms with Crippen LogP contribution >= 0.6 is 0 Å². The second-order valence-electron chi connectivity index (χ2n) is 12.5. The van der Waals surface area contributed by atoms with Crippen LogP contribution < -0.4 is 20.7 Å². The number of ether oxygens (including phenoxy) is 2. The van der Waals surface area contributed by atoms with E-state index >= 15 is 0 Å². The number of likely N-dealkylation sites (tertiary alicyclic amines) is 1. The maximum atomic E-state index is 14.0. The fourth-order valence-corrected chi connectivity index (χ4v) is 6.06. The Morgan fingerprint density at radius 2 is 1.73 bits per heavy atom. The van der Waals surface area contributed by atoms with Gasteiger partial charge in [-0.3, -0.25) is 9.59 Å². The predicted octanol–water partition coefficient (Wildman–Crippen LogP) is 6.10. The first-order valence-electron chi connectivity index (χ1n) is 17.3. The molecule has 5 rings (SSSR count). The number of aromatic nitrogens is 1. The van der Waals surface area contributed by atoms with Crippen LogP contribution in [0.2, 0.25) is 0 Å². The molecule has 10 nitrogen and oxygen atoms in total. The first-order valence-corrected chi connectivity index (χ1v) is 17.3. The Morgan fingerprint density at radius 1 is 0.959 bits per heavy atom. The van der Waals surface area contributed by atoms with Gasteiger partial charge in [0.05, 0.1) is 23.4 Å². The Morgan fingerprint density at radius 3 is 2.49 bits per heavy atom. The molecule has 10 heteroatoms. The molecule has 2 unspecified atom stereocenters. The van der Waals surface area contributed by atoms with Gasteiger partial charge in [-0.25, -0.2) is 9.78 Å². The molecule has 0 bridgehead atoms. The quantitative estimate of drug-likeness (QED) is 0.124. The number of amides is 3. The Hall–Kier alpha value is -4.96. The molecule has 3 N–H and O–H groups in total. The average Bonchev–Trinajstić information content (AvgIpc) is 3.55. The number of benzene rings is 3. The van der Waals surface area contributed by atoms with Gasteiger partial charge in [0.2, 0.25) is 5.91 Å². The van der Waals surface area contributed by atoms with Gasteiger partial charge in [-0.15, -0.1) is 0 Å². The van der Waals surface area contributed by atoms with E-state index in [0.29, 0.717) is 60.7 Å². The van der Waals surface area contributed by atoms with Gasteiger partial charge in [0.15, 0.2) is 0 Å². The van der Waals surface area contributed by atoms with Crippen LogP contribution in [0.1, 0.15) is 61.4 Å². The first-order chi connectivity index (χ1) is 23.9. The van der Waals surface area contributed by atoms with Crippen molar-refractivity contribution in [1.82, 2.24) is 25.8 Å². The standard InChI is InChI=1S/C39H47N5O5/c1-3-25-48-31-19-17-29(18-20-31)36-26-33(32-14-7-8-15-34(32)42-36)37(45)43-35(38(46)40-23-21-30-13-10-24-44(30)2)16-9-22-41-39(47)49-27-28-11-5-4-6-12-28/h4-8,11-12,14-15,17-20,26,30,35H,3,9-10,13,16,21-25,27H2,1-2H3,(H,40,46)(H,41,47)(H,43,45). The van der Waals surface area contributed by atoms with Gasteiger partial charge >= 0.3 is 6.09 Å². The molecule has 1 aromatic heterocycles. The third kappa shape index (κ3) is 10.3. The number of nitrogens with zero attached hydrogens (tertiary/aromatic N) is 2. The van der Waals surface area contributed by atoms with Crippen LogP contribution in [-0.4, -0.2) is 73.2 Å². The van der Waals surface area contributed by atoms with E-state index in [4.69, 9.17) is 14.5 Å². The molecule has 4 aromatic rings. The monoisotopic (exact) mass is 665 g/mol. The zero-order chi connectivity index (χ0) is 34.4. The molecular weight excluding hydrogens is 618 g/mol. The fourth-order valence-electron chi connectivity index (χ4n) is 6.06. The molecule has 49 heavy (non-hydrogen) atoms. The number of pyridine rings is 1. The highest BCUT2D eigenvalue weighted by Crippen LogP contribution is 2.27. The average molecular weight is 666 g/mol. The summed E-state index contributed by atoms with van der Waals surface area (Å²) in [6.07, 6.45) is 4.29. The summed E-state index contributed by atoms with van der Waals surface area (Å²) in [5, 5.41) is 9.50. The summed E-state index contributed by atoms with van der Waals surface area (Å²) >= 11 is 0. The van der Waals surface area contributed by atoms with Crippen molar-refractivity contribution < 1.29 is 23.9 Å². The number of hydrogen-bond acceptors (Lipinski definition) is 7. The zero-order valence-corrected chi connectivity index (χ0v) is 28.5. The first kappa shape index (κ1) is 35.3. The molecule has 1 fully saturated rings. The van der Waals surface area contributed by atoms with Gasteiger partial charge in [-0.2, -0.15) is 0 Å². The smallest absolute Gasteiger partial charge is 0.407 e. The van der Waals surface area contributed by atoms with E-state index in [9.17, 15) is 14.4 Å². The van der Waals surface area contributed by atoms with Crippen molar-refractivity contribution in [2.45, 2.75) is 64.1 Å². The molecule has 3 amide bonds. The zero-order valence-electron chi connectivity index (χ0n) is 28.5. The van der Waals surface area contributed by atoms with E-state index in [1.54, 1.807) is 6.07 Å². The maximum Gasteiger partial charge on any atom is 0.407 e. The van der Waals surface area contributed by atoms with E-state index in [1.807, 2.05) is 78.9 Å². The molecule has 3 aromatic carbocycles. The van der Waals surface area contributed by atoms with Gasteiger partial charge in [-0.05, 0) is 94.1 Å². The summed E-state index contributed by atoms with van der Waals surface area (Å²) in [6, 6.07) is 26.0. The number of rotatable bonds is 16. The molecule has 0 saturated carbocycles.